The van der Waals surface area contributed by atoms with Crippen LogP contribution in [0.4, 0.5) is 5.69 Å². The Balaban J connectivity index is 1.71. The third-order valence-corrected chi connectivity index (χ3v) is 6.90. The van der Waals surface area contributed by atoms with Crippen LogP contribution in [0.15, 0.2) is 96.6 Å². The predicted octanol–water partition coefficient (Wildman–Crippen LogP) is 7.08. The highest BCUT2D eigenvalue weighted by atomic mass is 35.5. The van der Waals surface area contributed by atoms with Crippen molar-refractivity contribution in [3.05, 3.63) is 118 Å². The van der Waals surface area contributed by atoms with Gasteiger partial charge < -0.3 is 19.3 Å². The number of anilines is 1. The Bertz CT molecular complexity index is 1630. The highest BCUT2D eigenvalue weighted by Gasteiger charge is 2.47. The fraction of sp³-hybridized carbons (Fsp3) is 0.125. The molecule has 0 radical (unpaired) electrons. The molecule has 1 aliphatic heterocycles. The first-order chi connectivity index (χ1) is 19.3. The molecule has 1 saturated heterocycles. The molecule has 0 saturated carbocycles. The van der Waals surface area contributed by atoms with E-state index in [1.165, 1.54) is 31.3 Å². The van der Waals surface area contributed by atoms with Gasteiger partial charge in [-0.05, 0) is 60.5 Å². The summed E-state index contributed by atoms with van der Waals surface area (Å²) >= 11 is 6.37. The Morgan fingerprint density at radius 2 is 1.52 bits per heavy atom. The van der Waals surface area contributed by atoms with Gasteiger partial charge in [-0.25, -0.2) is 0 Å². The smallest absolute Gasteiger partial charge is 0.300 e. The Kier molecular flexibility index (Phi) is 7.49. The molecule has 1 fully saturated rings. The van der Waals surface area contributed by atoms with E-state index >= 15 is 0 Å². The SMILES string of the molecule is COc1cc(OC)c(/C(O)=C2\C(=O)C(=O)N(c3cccc(C)c3)C2c2cccc(Oc3ccccc3)c2)cc1Cl. The van der Waals surface area contributed by atoms with Crippen molar-refractivity contribution in [2.75, 3.05) is 19.1 Å². The molecule has 1 amide bonds. The summed E-state index contributed by atoms with van der Waals surface area (Å²) in [5.41, 5.74) is 2.03. The van der Waals surface area contributed by atoms with Crippen LogP contribution < -0.4 is 19.1 Å². The van der Waals surface area contributed by atoms with Crippen LogP contribution in [0.2, 0.25) is 5.02 Å². The number of aliphatic hydroxyl groups is 1. The number of halogens is 1. The third kappa shape index (κ3) is 4.99. The number of aliphatic hydroxyl groups excluding tert-OH is 1. The second kappa shape index (κ2) is 11.2. The number of benzene rings is 4. The average Bonchev–Trinajstić information content (AvgIpc) is 3.23. The molecule has 7 nitrogen and oxygen atoms in total. The first-order valence-corrected chi connectivity index (χ1v) is 12.8. The molecule has 0 aliphatic carbocycles. The molecule has 1 heterocycles. The van der Waals surface area contributed by atoms with Gasteiger partial charge in [0.15, 0.2) is 0 Å². The van der Waals surface area contributed by atoms with Gasteiger partial charge in [0.05, 0.1) is 36.4 Å². The molecule has 202 valence electrons. The lowest BCUT2D eigenvalue weighted by atomic mass is 9.94. The highest BCUT2D eigenvalue weighted by Crippen LogP contribution is 2.45. The lowest BCUT2D eigenvalue weighted by molar-refractivity contribution is -0.132. The van der Waals surface area contributed by atoms with Crippen molar-refractivity contribution in [3.63, 3.8) is 0 Å². The number of ether oxygens (including phenoxy) is 3. The largest absolute Gasteiger partial charge is 0.507 e. The number of methoxy groups -OCH3 is 2. The van der Waals surface area contributed by atoms with E-state index < -0.39 is 23.5 Å². The normalized spacial score (nSPS) is 16.2. The predicted molar refractivity (Wildman–Crippen MR) is 153 cm³/mol. The van der Waals surface area contributed by atoms with E-state index in [-0.39, 0.29) is 21.9 Å². The Morgan fingerprint density at radius 1 is 0.825 bits per heavy atom. The van der Waals surface area contributed by atoms with Gasteiger partial charge in [-0.3, -0.25) is 14.5 Å². The fourth-order valence-corrected chi connectivity index (χ4v) is 5.00. The van der Waals surface area contributed by atoms with E-state index in [9.17, 15) is 14.7 Å². The van der Waals surface area contributed by atoms with Crippen LogP contribution in [0.5, 0.6) is 23.0 Å². The first kappa shape index (κ1) is 26.8. The van der Waals surface area contributed by atoms with Crippen LogP contribution in [0.1, 0.15) is 22.7 Å². The van der Waals surface area contributed by atoms with Gasteiger partial charge >= 0.3 is 0 Å². The summed E-state index contributed by atoms with van der Waals surface area (Å²) in [4.78, 5) is 28.6. The molecule has 1 aliphatic rings. The van der Waals surface area contributed by atoms with Gasteiger partial charge in [0.25, 0.3) is 11.7 Å². The van der Waals surface area contributed by atoms with E-state index in [1.807, 2.05) is 55.5 Å². The van der Waals surface area contributed by atoms with Gasteiger partial charge in [-0.1, -0.05) is 54.1 Å². The Hall–Kier alpha value is -4.75. The summed E-state index contributed by atoms with van der Waals surface area (Å²) in [5.74, 6) is -0.349. The summed E-state index contributed by atoms with van der Waals surface area (Å²) in [6.45, 7) is 1.90. The number of amides is 1. The second-order valence-corrected chi connectivity index (χ2v) is 9.59. The van der Waals surface area contributed by atoms with E-state index in [0.717, 1.165) is 5.56 Å². The van der Waals surface area contributed by atoms with Gasteiger partial charge in [0, 0.05) is 11.8 Å². The summed E-state index contributed by atoms with van der Waals surface area (Å²) in [6.07, 6.45) is 0. The summed E-state index contributed by atoms with van der Waals surface area (Å²) < 4.78 is 16.8. The molecule has 1 atom stereocenters. The Morgan fingerprint density at radius 3 is 2.23 bits per heavy atom. The van der Waals surface area contributed by atoms with Crippen molar-refractivity contribution in [3.8, 4) is 23.0 Å². The maximum Gasteiger partial charge on any atom is 0.300 e. The van der Waals surface area contributed by atoms with Crippen molar-refractivity contribution in [2.45, 2.75) is 13.0 Å². The Labute approximate surface area is 236 Å². The summed E-state index contributed by atoms with van der Waals surface area (Å²) in [7, 11) is 2.88. The quantitative estimate of drug-likeness (QED) is 0.149. The monoisotopic (exact) mass is 555 g/mol. The second-order valence-electron chi connectivity index (χ2n) is 9.18. The van der Waals surface area contributed by atoms with Gasteiger partial charge in [0.1, 0.15) is 28.8 Å². The molecular weight excluding hydrogens is 530 g/mol. The number of carbonyl (C=O) groups is 2. The third-order valence-electron chi connectivity index (χ3n) is 6.61. The molecule has 4 aromatic rings. The number of hydrogen-bond acceptors (Lipinski definition) is 6. The number of nitrogens with zero attached hydrogens (tertiary/aromatic N) is 1. The van der Waals surface area contributed by atoms with E-state index in [2.05, 4.69) is 0 Å². The number of ketones is 1. The number of aryl methyl sites for hydroxylation is 1. The highest BCUT2D eigenvalue weighted by molar-refractivity contribution is 6.51. The standard InChI is InChI=1S/C32H26ClNO6/c1-19-9-7-11-21(15-19)34-29(20-10-8-14-23(16-20)40-22-12-5-4-6-13-22)28(31(36)32(34)37)30(35)24-17-25(33)27(39-3)18-26(24)38-2/h4-18,29,35H,1-3H3/b30-28+. The number of carbonyl (C=O) groups excluding carboxylic acids is 2. The topological polar surface area (TPSA) is 85.3 Å². The van der Waals surface area contributed by atoms with E-state index in [1.54, 1.807) is 30.3 Å². The van der Waals surface area contributed by atoms with Gasteiger partial charge in [0.2, 0.25) is 0 Å². The van der Waals surface area contributed by atoms with Crippen molar-refractivity contribution < 1.29 is 28.9 Å². The maximum atomic E-state index is 13.6. The number of rotatable bonds is 7. The molecular formula is C32H26ClNO6. The molecule has 0 spiro atoms. The van der Waals surface area contributed by atoms with Crippen molar-refractivity contribution >= 4 is 34.7 Å². The van der Waals surface area contributed by atoms with Crippen LogP contribution in [-0.4, -0.2) is 31.0 Å². The molecule has 40 heavy (non-hydrogen) atoms. The molecule has 8 heteroatoms. The average molecular weight is 556 g/mol. The zero-order valence-electron chi connectivity index (χ0n) is 22.1. The van der Waals surface area contributed by atoms with Crippen molar-refractivity contribution in [1.82, 2.24) is 0 Å². The number of para-hydroxylation sites is 1. The first-order valence-electron chi connectivity index (χ1n) is 12.4. The summed E-state index contributed by atoms with van der Waals surface area (Å²) in [6, 6.07) is 25.6. The van der Waals surface area contributed by atoms with E-state index in [4.69, 9.17) is 25.8 Å². The maximum absolute atomic E-state index is 13.6. The van der Waals surface area contributed by atoms with Crippen LogP contribution in [0.25, 0.3) is 5.76 Å². The van der Waals surface area contributed by atoms with Crippen LogP contribution in [0.3, 0.4) is 0 Å². The van der Waals surface area contributed by atoms with Crippen molar-refractivity contribution in [1.29, 1.82) is 0 Å². The molecule has 0 aromatic heterocycles. The van der Waals surface area contributed by atoms with E-state index in [0.29, 0.717) is 28.5 Å². The lowest BCUT2D eigenvalue weighted by Crippen LogP contribution is -2.29. The lowest BCUT2D eigenvalue weighted by Gasteiger charge is -2.26. The molecule has 0 bridgehead atoms. The zero-order valence-corrected chi connectivity index (χ0v) is 22.8. The molecule has 4 aromatic carbocycles. The van der Waals surface area contributed by atoms with Crippen LogP contribution in [0, 0.1) is 6.92 Å². The number of Topliss-reactive ketones (excluding diaryl/α,β-unsaturated/α-hetero) is 1. The minimum Gasteiger partial charge on any atom is -0.507 e. The fourth-order valence-electron chi connectivity index (χ4n) is 4.75. The molecule has 5 rings (SSSR count). The molecule has 1 N–H and O–H groups in total. The van der Waals surface area contributed by atoms with Crippen molar-refractivity contribution in [2.24, 2.45) is 0 Å². The van der Waals surface area contributed by atoms with Crippen LogP contribution >= 0.6 is 11.6 Å². The summed E-state index contributed by atoms with van der Waals surface area (Å²) in [5, 5.41) is 11.8. The minimum absolute atomic E-state index is 0.108. The molecule has 1 unspecified atom stereocenters. The minimum atomic E-state index is -0.966. The number of hydrogen-bond donors (Lipinski definition) is 1. The van der Waals surface area contributed by atoms with Gasteiger partial charge in [-0.2, -0.15) is 0 Å². The van der Waals surface area contributed by atoms with Gasteiger partial charge in [-0.15, -0.1) is 0 Å². The van der Waals surface area contributed by atoms with Crippen LogP contribution in [-0.2, 0) is 9.59 Å². The zero-order chi connectivity index (χ0) is 28.4.